The molecule has 0 radical (unpaired) electrons. The second-order valence-electron chi connectivity index (χ2n) is 5.04. The van der Waals surface area contributed by atoms with Crippen molar-refractivity contribution in [3.8, 4) is 11.5 Å². The highest BCUT2D eigenvalue weighted by Gasteiger charge is 2.25. The van der Waals surface area contributed by atoms with E-state index in [0.717, 1.165) is 30.0 Å². The molecule has 0 amide bonds. The second kappa shape index (κ2) is 4.92. The van der Waals surface area contributed by atoms with E-state index in [9.17, 15) is 8.42 Å². The van der Waals surface area contributed by atoms with Crippen molar-refractivity contribution in [2.45, 2.75) is 12.8 Å². The Morgan fingerprint density at radius 3 is 3.05 bits per heavy atom. The highest BCUT2D eigenvalue weighted by molar-refractivity contribution is 7.91. The number of rotatable bonds is 3. The van der Waals surface area contributed by atoms with E-state index in [-0.39, 0.29) is 18.5 Å². The lowest BCUT2D eigenvalue weighted by atomic mass is 10.1. The van der Waals surface area contributed by atoms with Crippen LogP contribution in [0.4, 0.5) is 5.69 Å². The number of fused-ring (bicyclic) bond motifs is 1. The van der Waals surface area contributed by atoms with E-state index >= 15 is 0 Å². The van der Waals surface area contributed by atoms with Gasteiger partial charge in [-0.25, -0.2) is 8.42 Å². The van der Waals surface area contributed by atoms with Gasteiger partial charge < -0.3 is 14.8 Å². The van der Waals surface area contributed by atoms with Crippen LogP contribution >= 0.6 is 0 Å². The fraction of sp³-hybridized carbons (Fsp3) is 0.538. The van der Waals surface area contributed by atoms with E-state index in [0.29, 0.717) is 12.3 Å². The zero-order valence-corrected chi connectivity index (χ0v) is 11.4. The molecular formula is C13H17NO4S. The van der Waals surface area contributed by atoms with E-state index in [4.69, 9.17) is 9.47 Å². The first kappa shape index (κ1) is 12.6. The molecule has 2 aliphatic heterocycles. The van der Waals surface area contributed by atoms with Crippen LogP contribution in [-0.2, 0) is 9.84 Å². The molecule has 1 fully saturated rings. The molecule has 0 aliphatic carbocycles. The third-order valence-electron chi connectivity index (χ3n) is 3.54. The van der Waals surface area contributed by atoms with E-state index < -0.39 is 9.84 Å². The van der Waals surface area contributed by atoms with E-state index in [1.807, 2.05) is 18.2 Å². The summed E-state index contributed by atoms with van der Waals surface area (Å²) in [5.41, 5.74) is 0.873. The molecule has 2 aliphatic rings. The third kappa shape index (κ3) is 2.78. The van der Waals surface area contributed by atoms with Gasteiger partial charge in [-0.3, -0.25) is 0 Å². The Morgan fingerprint density at radius 1 is 1.32 bits per heavy atom. The van der Waals surface area contributed by atoms with Crippen molar-refractivity contribution in [3.63, 3.8) is 0 Å². The molecule has 0 bridgehead atoms. The van der Waals surface area contributed by atoms with Crippen molar-refractivity contribution < 1.29 is 17.9 Å². The van der Waals surface area contributed by atoms with Crippen LogP contribution in [0.5, 0.6) is 11.5 Å². The molecule has 5 nitrogen and oxygen atoms in total. The van der Waals surface area contributed by atoms with Crippen molar-refractivity contribution >= 4 is 15.5 Å². The first-order valence-corrected chi connectivity index (χ1v) is 8.29. The average Bonchev–Trinajstić information content (AvgIpc) is 2.84. The topological polar surface area (TPSA) is 64.6 Å². The van der Waals surface area contributed by atoms with Crippen LogP contribution in [0, 0.1) is 5.92 Å². The summed E-state index contributed by atoms with van der Waals surface area (Å²) in [6.45, 7) is 0.894. The molecule has 19 heavy (non-hydrogen) atoms. The van der Waals surface area contributed by atoms with E-state index in [1.54, 1.807) is 0 Å². The van der Waals surface area contributed by atoms with Crippen molar-refractivity contribution in [1.29, 1.82) is 0 Å². The molecule has 1 atom stereocenters. The summed E-state index contributed by atoms with van der Waals surface area (Å²) in [7, 11) is -2.84. The van der Waals surface area contributed by atoms with Gasteiger partial charge in [0.25, 0.3) is 0 Å². The minimum Gasteiger partial charge on any atom is -0.454 e. The normalized spacial score (nSPS) is 24.1. The highest BCUT2D eigenvalue weighted by atomic mass is 32.2. The number of hydrogen-bond acceptors (Lipinski definition) is 5. The van der Waals surface area contributed by atoms with E-state index in [2.05, 4.69) is 5.32 Å². The summed E-state index contributed by atoms with van der Waals surface area (Å²) in [4.78, 5) is 0. The van der Waals surface area contributed by atoms with Crippen LogP contribution < -0.4 is 14.8 Å². The molecule has 2 heterocycles. The second-order valence-corrected chi connectivity index (χ2v) is 7.27. The van der Waals surface area contributed by atoms with Crippen LogP contribution in [0.2, 0.25) is 0 Å². The van der Waals surface area contributed by atoms with Gasteiger partial charge in [0.15, 0.2) is 21.3 Å². The molecule has 6 heteroatoms. The van der Waals surface area contributed by atoms with Gasteiger partial charge in [-0.2, -0.15) is 0 Å². The predicted molar refractivity (Wildman–Crippen MR) is 72.4 cm³/mol. The minimum atomic E-state index is -2.84. The van der Waals surface area contributed by atoms with Crippen molar-refractivity contribution in [2.75, 3.05) is 30.2 Å². The van der Waals surface area contributed by atoms with Crippen LogP contribution in [0.1, 0.15) is 12.8 Å². The first-order chi connectivity index (χ1) is 9.14. The van der Waals surface area contributed by atoms with E-state index in [1.165, 1.54) is 0 Å². The van der Waals surface area contributed by atoms with Gasteiger partial charge in [-0.1, -0.05) is 6.07 Å². The predicted octanol–water partition coefficient (Wildman–Crippen LogP) is 1.65. The molecule has 0 aromatic heterocycles. The third-order valence-corrected chi connectivity index (χ3v) is 5.43. The molecule has 3 rings (SSSR count). The molecule has 0 saturated carbocycles. The lowest BCUT2D eigenvalue weighted by Gasteiger charge is -2.22. The highest BCUT2D eigenvalue weighted by Crippen LogP contribution is 2.39. The maximum absolute atomic E-state index is 11.6. The fourth-order valence-corrected chi connectivity index (χ4v) is 4.38. The average molecular weight is 283 g/mol. The molecule has 1 aromatic carbocycles. The standard InChI is InChI=1S/C13H17NO4S/c15-19(16)6-2-3-10(8-19)7-14-11-4-1-5-12-13(11)18-9-17-12/h1,4-5,10,14H,2-3,6-9H2/t10-/m1/s1. The number of nitrogens with one attached hydrogen (secondary N) is 1. The number of ether oxygens (including phenoxy) is 2. The van der Waals surface area contributed by atoms with Gasteiger partial charge in [-0.15, -0.1) is 0 Å². The number of benzene rings is 1. The van der Waals surface area contributed by atoms with Crippen LogP contribution in [0.25, 0.3) is 0 Å². The molecule has 104 valence electrons. The van der Waals surface area contributed by atoms with Gasteiger partial charge in [0.1, 0.15) is 0 Å². The number of sulfone groups is 1. The van der Waals surface area contributed by atoms with Gasteiger partial charge in [-0.05, 0) is 30.9 Å². The Labute approximate surface area is 112 Å². The summed E-state index contributed by atoms with van der Waals surface area (Å²) in [6.07, 6.45) is 1.72. The number of anilines is 1. The largest absolute Gasteiger partial charge is 0.454 e. The van der Waals surface area contributed by atoms with Gasteiger partial charge in [0.2, 0.25) is 6.79 Å². The molecule has 1 N–H and O–H groups in total. The summed E-state index contributed by atoms with van der Waals surface area (Å²) < 4.78 is 33.9. The van der Waals surface area contributed by atoms with Crippen molar-refractivity contribution in [2.24, 2.45) is 5.92 Å². The Hall–Kier alpha value is -1.43. The quantitative estimate of drug-likeness (QED) is 0.914. The zero-order valence-electron chi connectivity index (χ0n) is 10.6. The molecule has 0 unspecified atom stereocenters. The summed E-state index contributed by atoms with van der Waals surface area (Å²) in [5.74, 6) is 2.26. The van der Waals surface area contributed by atoms with Crippen molar-refractivity contribution in [3.05, 3.63) is 18.2 Å². The Kier molecular flexibility index (Phi) is 3.26. The number of para-hydroxylation sites is 1. The SMILES string of the molecule is O=S1(=O)CCC[C@H](CNc2cccc3c2OCO3)C1. The molecule has 0 spiro atoms. The first-order valence-electron chi connectivity index (χ1n) is 6.47. The Balaban J connectivity index is 1.65. The van der Waals surface area contributed by atoms with Crippen molar-refractivity contribution in [1.82, 2.24) is 0 Å². The Morgan fingerprint density at radius 2 is 2.21 bits per heavy atom. The maximum atomic E-state index is 11.6. The van der Waals surface area contributed by atoms with Gasteiger partial charge in [0.05, 0.1) is 17.2 Å². The summed E-state index contributed by atoms with van der Waals surface area (Å²) in [5, 5.41) is 3.28. The smallest absolute Gasteiger partial charge is 0.231 e. The van der Waals surface area contributed by atoms with Crippen LogP contribution in [0.15, 0.2) is 18.2 Å². The zero-order chi connectivity index (χ0) is 13.3. The van der Waals surface area contributed by atoms with Gasteiger partial charge in [0, 0.05) is 6.54 Å². The van der Waals surface area contributed by atoms with Crippen LogP contribution in [-0.4, -0.2) is 33.3 Å². The fourth-order valence-electron chi connectivity index (χ4n) is 2.60. The van der Waals surface area contributed by atoms with Gasteiger partial charge >= 0.3 is 0 Å². The minimum absolute atomic E-state index is 0.178. The summed E-state index contributed by atoms with van der Waals surface area (Å²) in [6, 6.07) is 5.68. The Bertz CT molecular complexity index is 570. The summed E-state index contributed by atoms with van der Waals surface area (Å²) >= 11 is 0. The monoisotopic (exact) mass is 283 g/mol. The molecule has 1 saturated heterocycles. The van der Waals surface area contributed by atoms with Crippen LogP contribution in [0.3, 0.4) is 0 Å². The molecular weight excluding hydrogens is 266 g/mol. The lowest BCUT2D eigenvalue weighted by Crippen LogP contribution is -2.29. The number of hydrogen-bond donors (Lipinski definition) is 1. The maximum Gasteiger partial charge on any atom is 0.231 e. The lowest BCUT2D eigenvalue weighted by molar-refractivity contribution is 0.174. The molecule has 1 aromatic rings.